The van der Waals surface area contributed by atoms with Crippen molar-refractivity contribution in [2.24, 2.45) is 0 Å². The van der Waals surface area contributed by atoms with E-state index in [1.54, 1.807) is 6.07 Å². The Hall–Kier alpha value is -1.92. The van der Waals surface area contributed by atoms with Crippen molar-refractivity contribution < 1.29 is 4.79 Å². The minimum atomic E-state index is -0.110. The number of aryl methyl sites for hydroxylation is 1. The average molecular weight is 377 g/mol. The van der Waals surface area contributed by atoms with Crippen molar-refractivity contribution in [3.63, 3.8) is 0 Å². The quantitative estimate of drug-likeness (QED) is 0.855. The Morgan fingerprint density at radius 3 is 2.88 bits per heavy atom. The molecular weight excluding hydrogens is 352 g/mol. The summed E-state index contributed by atoms with van der Waals surface area (Å²) in [4.78, 5) is 33.9. The predicted molar refractivity (Wildman–Crippen MR) is 104 cm³/mol. The molecule has 1 aromatic heterocycles. The van der Waals surface area contributed by atoms with Crippen molar-refractivity contribution in [2.45, 2.75) is 50.6 Å². The molecule has 2 aromatic rings. The van der Waals surface area contributed by atoms with Crippen LogP contribution in [0, 0.1) is 0 Å². The number of H-pyrrole nitrogens is 1. The number of rotatable bonds is 4. The van der Waals surface area contributed by atoms with Gasteiger partial charge in [0.2, 0.25) is 5.91 Å². The van der Waals surface area contributed by atoms with E-state index in [0.29, 0.717) is 48.1 Å². The number of halogens is 1. The highest BCUT2D eigenvalue weighted by molar-refractivity contribution is 5.85. The molecule has 0 radical (unpaired) electrons. The van der Waals surface area contributed by atoms with E-state index in [0.717, 1.165) is 19.5 Å². The smallest absolute Gasteiger partial charge is 0.258 e. The van der Waals surface area contributed by atoms with Gasteiger partial charge in [-0.2, -0.15) is 0 Å². The zero-order valence-corrected chi connectivity index (χ0v) is 15.6. The molecule has 1 aromatic carbocycles. The van der Waals surface area contributed by atoms with Crippen LogP contribution >= 0.6 is 12.4 Å². The summed E-state index contributed by atoms with van der Waals surface area (Å²) in [5.74, 6) is 0.880. The van der Waals surface area contributed by atoms with Crippen LogP contribution in [-0.2, 0) is 11.2 Å². The van der Waals surface area contributed by atoms with E-state index in [4.69, 9.17) is 0 Å². The van der Waals surface area contributed by atoms with Gasteiger partial charge in [0.25, 0.3) is 5.56 Å². The molecule has 7 heteroatoms. The zero-order valence-electron chi connectivity index (χ0n) is 14.7. The van der Waals surface area contributed by atoms with Crippen LogP contribution in [0.25, 0.3) is 10.9 Å². The third kappa shape index (κ3) is 4.07. The molecule has 0 spiro atoms. The molecule has 4 rings (SSSR count). The standard InChI is InChI=1S/C19H24N4O2.ClH/c24-18(23-11-10-13-8-9-14(12-23)20-13)7-3-6-17-21-16-5-2-1-4-15(16)19(25)22-17;/h1-2,4-5,13-14,20H,3,6-12H2,(H,21,22,25);1H. The maximum absolute atomic E-state index is 12.5. The van der Waals surface area contributed by atoms with Gasteiger partial charge in [-0.3, -0.25) is 9.59 Å². The van der Waals surface area contributed by atoms with Crippen molar-refractivity contribution >= 4 is 29.2 Å². The largest absolute Gasteiger partial charge is 0.341 e. The fourth-order valence-corrected chi connectivity index (χ4v) is 3.99. The molecule has 6 nitrogen and oxygen atoms in total. The third-order valence-electron chi connectivity index (χ3n) is 5.34. The number of hydrogen-bond acceptors (Lipinski definition) is 4. The molecule has 2 unspecified atom stereocenters. The summed E-state index contributed by atoms with van der Waals surface area (Å²) >= 11 is 0. The zero-order chi connectivity index (χ0) is 17.2. The van der Waals surface area contributed by atoms with Crippen molar-refractivity contribution in [2.75, 3.05) is 13.1 Å². The summed E-state index contributed by atoms with van der Waals surface area (Å²) in [5, 5.41) is 4.21. The van der Waals surface area contributed by atoms with Gasteiger partial charge >= 0.3 is 0 Å². The van der Waals surface area contributed by atoms with Crippen LogP contribution in [0.3, 0.4) is 0 Å². The van der Waals surface area contributed by atoms with Gasteiger partial charge < -0.3 is 15.2 Å². The van der Waals surface area contributed by atoms with Crippen molar-refractivity contribution in [3.8, 4) is 0 Å². The number of para-hydroxylation sites is 1. The van der Waals surface area contributed by atoms with E-state index in [1.165, 1.54) is 12.8 Å². The number of aromatic amines is 1. The molecule has 2 saturated heterocycles. The molecule has 2 bridgehead atoms. The SMILES string of the molecule is Cl.O=C(CCCc1nc2ccccc2c(=O)[nH]1)N1CCC2CCC(C1)N2. The molecule has 2 fully saturated rings. The lowest BCUT2D eigenvalue weighted by molar-refractivity contribution is -0.131. The molecule has 1 amide bonds. The summed E-state index contributed by atoms with van der Waals surface area (Å²) in [7, 11) is 0. The monoisotopic (exact) mass is 376 g/mol. The van der Waals surface area contributed by atoms with Crippen molar-refractivity contribution in [3.05, 3.63) is 40.4 Å². The lowest BCUT2D eigenvalue weighted by Crippen LogP contribution is -2.39. The summed E-state index contributed by atoms with van der Waals surface area (Å²) < 4.78 is 0. The molecule has 26 heavy (non-hydrogen) atoms. The first kappa shape index (κ1) is 18.9. The van der Waals surface area contributed by atoms with Gasteiger partial charge in [-0.25, -0.2) is 4.98 Å². The van der Waals surface area contributed by atoms with Crippen LogP contribution in [-0.4, -0.2) is 45.9 Å². The molecular formula is C19H25ClN4O2. The van der Waals surface area contributed by atoms with E-state index >= 15 is 0 Å². The van der Waals surface area contributed by atoms with Crippen molar-refractivity contribution in [1.82, 2.24) is 20.2 Å². The van der Waals surface area contributed by atoms with E-state index in [-0.39, 0.29) is 23.9 Å². The van der Waals surface area contributed by atoms with Gasteiger partial charge in [-0.15, -0.1) is 12.4 Å². The van der Waals surface area contributed by atoms with Gasteiger partial charge in [0.05, 0.1) is 10.9 Å². The van der Waals surface area contributed by atoms with E-state index in [9.17, 15) is 9.59 Å². The normalized spacial score (nSPS) is 22.1. The van der Waals surface area contributed by atoms with Crippen LogP contribution < -0.4 is 10.9 Å². The number of benzene rings is 1. The lowest BCUT2D eigenvalue weighted by atomic mass is 10.1. The lowest BCUT2D eigenvalue weighted by Gasteiger charge is -2.24. The third-order valence-corrected chi connectivity index (χ3v) is 5.34. The van der Waals surface area contributed by atoms with Crippen LogP contribution in [0.4, 0.5) is 0 Å². The highest BCUT2D eigenvalue weighted by Crippen LogP contribution is 2.21. The Bertz CT molecular complexity index is 838. The van der Waals surface area contributed by atoms with E-state index in [2.05, 4.69) is 15.3 Å². The predicted octanol–water partition coefficient (Wildman–Crippen LogP) is 2.02. The Labute approximate surface area is 158 Å². The number of hydrogen-bond donors (Lipinski definition) is 2. The number of amides is 1. The average Bonchev–Trinajstić information content (AvgIpc) is 2.93. The Morgan fingerprint density at radius 2 is 2.00 bits per heavy atom. The number of fused-ring (bicyclic) bond motifs is 3. The summed E-state index contributed by atoms with van der Waals surface area (Å²) in [6.07, 6.45) is 5.31. The maximum atomic E-state index is 12.5. The maximum Gasteiger partial charge on any atom is 0.258 e. The minimum Gasteiger partial charge on any atom is -0.341 e. The number of carbonyl (C=O) groups is 1. The topological polar surface area (TPSA) is 78.1 Å². The fraction of sp³-hybridized carbons (Fsp3) is 0.526. The minimum absolute atomic E-state index is 0. The highest BCUT2D eigenvalue weighted by atomic mass is 35.5. The van der Waals surface area contributed by atoms with Crippen molar-refractivity contribution in [1.29, 1.82) is 0 Å². The number of nitrogens with zero attached hydrogens (tertiary/aromatic N) is 2. The number of carbonyl (C=O) groups excluding carboxylic acids is 1. The van der Waals surface area contributed by atoms with Crippen LogP contribution in [0.2, 0.25) is 0 Å². The summed E-state index contributed by atoms with van der Waals surface area (Å²) in [6.45, 7) is 1.69. The molecule has 2 atom stereocenters. The fourth-order valence-electron chi connectivity index (χ4n) is 3.99. The van der Waals surface area contributed by atoms with Crippen LogP contribution in [0.15, 0.2) is 29.1 Å². The molecule has 0 aliphatic carbocycles. The summed E-state index contributed by atoms with van der Waals surface area (Å²) in [5.41, 5.74) is 0.601. The second-order valence-electron chi connectivity index (χ2n) is 7.15. The molecule has 3 heterocycles. The first-order chi connectivity index (χ1) is 12.2. The molecule has 0 saturated carbocycles. The second-order valence-corrected chi connectivity index (χ2v) is 7.15. The Kier molecular flexibility index (Phi) is 5.94. The Morgan fingerprint density at radius 1 is 1.19 bits per heavy atom. The summed E-state index contributed by atoms with van der Waals surface area (Å²) in [6, 6.07) is 8.39. The van der Waals surface area contributed by atoms with Gasteiger partial charge in [-0.1, -0.05) is 12.1 Å². The molecule has 2 aliphatic heterocycles. The van der Waals surface area contributed by atoms with E-state index in [1.807, 2.05) is 23.1 Å². The van der Waals surface area contributed by atoms with Gasteiger partial charge in [-0.05, 0) is 37.8 Å². The van der Waals surface area contributed by atoms with Crippen LogP contribution in [0.5, 0.6) is 0 Å². The first-order valence-corrected chi connectivity index (χ1v) is 9.21. The van der Waals surface area contributed by atoms with Gasteiger partial charge in [0, 0.05) is 38.0 Å². The Balaban J connectivity index is 0.00000196. The second kappa shape index (κ2) is 8.18. The van der Waals surface area contributed by atoms with Crippen LogP contribution in [0.1, 0.15) is 37.9 Å². The van der Waals surface area contributed by atoms with E-state index < -0.39 is 0 Å². The highest BCUT2D eigenvalue weighted by Gasteiger charge is 2.30. The molecule has 2 aliphatic rings. The first-order valence-electron chi connectivity index (χ1n) is 9.21. The molecule has 140 valence electrons. The number of nitrogens with one attached hydrogen (secondary N) is 2. The van der Waals surface area contributed by atoms with Gasteiger partial charge in [0.15, 0.2) is 0 Å². The number of aromatic nitrogens is 2. The molecule has 2 N–H and O–H groups in total. The van der Waals surface area contributed by atoms with Gasteiger partial charge in [0.1, 0.15) is 5.82 Å². The number of likely N-dealkylation sites (tertiary alicyclic amines) is 1.